The molecule has 2 aromatic carbocycles. The number of alkyl halides is 1. The van der Waals surface area contributed by atoms with Crippen LogP contribution in [0.15, 0.2) is 42.5 Å². The smallest absolute Gasteiger partial charge is 0.123 e. The second-order valence-electron chi connectivity index (χ2n) is 4.81. The van der Waals surface area contributed by atoms with Gasteiger partial charge >= 0.3 is 0 Å². The van der Waals surface area contributed by atoms with Gasteiger partial charge in [-0.1, -0.05) is 12.1 Å². The third-order valence-corrected chi connectivity index (χ3v) is 4.22. The van der Waals surface area contributed by atoms with Gasteiger partial charge in [-0.05, 0) is 58.5 Å². The summed E-state index contributed by atoms with van der Waals surface area (Å²) in [6, 6.07) is 12.8. The van der Waals surface area contributed by atoms with Gasteiger partial charge in [0.15, 0.2) is 0 Å². The molecule has 2 nitrogen and oxygen atoms in total. The fourth-order valence-corrected chi connectivity index (χ4v) is 3.02. The van der Waals surface area contributed by atoms with Gasteiger partial charge in [-0.25, -0.2) is 9.37 Å². The maximum absolute atomic E-state index is 13.0. The van der Waals surface area contributed by atoms with E-state index in [1.807, 2.05) is 0 Å². The minimum atomic E-state index is -0.218. The van der Waals surface area contributed by atoms with Crippen molar-refractivity contribution < 1.29 is 4.39 Å². The second kappa shape index (κ2) is 6.32. The summed E-state index contributed by atoms with van der Waals surface area (Å²) in [4.78, 5) is 4.68. The largest absolute Gasteiger partial charge is 0.323 e. The van der Waals surface area contributed by atoms with Crippen molar-refractivity contribution in [3.05, 3.63) is 63.2 Å². The van der Waals surface area contributed by atoms with Crippen molar-refractivity contribution >= 4 is 45.2 Å². The minimum absolute atomic E-state index is 0.218. The summed E-state index contributed by atoms with van der Waals surface area (Å²) in [6.45, 7) is 0.670. The molecule has 1 heterocycles. The quantitative estimate of drug-likeness (QED) is 0.450. The van der Waals surface area contributed by atoms with Gasteiger partial charge in [-0.2, -0.15) is 0 Å². The van der Waals surface area contributed by atoms with E-state index in [4.69, 9.17) is 11.6 Å². The average Bonchev–Trinajstić information content (AvgIpc) is 2.79. The van der Waals surface area contributed by atoms with Gasteiger partial charge in [-0.15, -0.1) is 11.6 Å². The maximum Gasteiger partial charge on any atom is 0.123 e. The first-order chi connectivity index (χ1) is 10.2. The highest BCUT2D eigenvalue weighted by Gasteiger charge is 2.11. The summed E-state index contributed by atoms with van der Waals surface area (Å²) in [5, 5.41) is 0. The molecule has 0 radical (unpaired) electrons. The Morgan fingerprint density at radius 2 is 1.90 bits per heavy atom. The van der Waals surface area contributed by atoms with Gasteiger partial charge in [0.1, 0.15) is 11.6 Å². The molecule has 0 unspecified atom stereocenters. The Balaban J connectivity index is 2.06. The second-order valence-corrected chi connectivity index (χ2v) is 6.44. The fraction of sp³-hybridized carbons (Fsp3) is 0.188. The Bertz CT molecular complexity index is 768. The van der Waals surface area contributed by atoms with Crippen LogP contribution in [0.1, 0.15) is 11.4 Å². The van der Waals surface area contributed by atoms with Crippen LogP contribution in [0.3, 0.4) is 0 Å². The van der Waals surface area contributed by atoms with Crippen molar-refractivity contribution in [1.29, 1.82) is 0 Å². The van der Waals surface area contributed by atoms with Crippen LogP contribution in [0, 0.1) is 9.39 Å². The molecule has 0 N–H and O–H groups in total. The summed E-state index contributed by atoms with van der Waals surface area (Å²) < 4.78 is 16.3. The van der Waals surface area contributed by atoms with E-state index in [1.54, 1.807) is 12.1 Å². The molecule has 0 atom stereocenters. The van der Waals surface area contributed by atoms with Gasteiger partial charge in [0.25, 0.3) is 0 Å². The first-order valence-electron chi connectivity index (χ1n) is 6.62. The van der Waals surface area contributed by atoms with Crippen molar-refractivity contribution in [1.82, 2.24) is 9.55 Å². The lowest BCUT2D eigenvalue weighted by Crippen LogP contribution is -2.06. The Morgan fingerprint density at radius 3 is 2.62 bits per heavy atom. The molecule has 21 heavy (non-hydrogen) atoms. The number of imidazole rings is 1. The molecule has 0 saturated heterocycles. The molecule has 5 heteroatoms. The number of nitrogens with zero attached hydrogens (tertiary/aromatic N) is 2. The fourth-order valence-electron chi connectivity index (χ4n) is 2.38. The normalized spacial score (nSPS) is 11.2. The molecular weight excluding hydrogens is 402 g/mol. The zero-order valence-corrected chi connectivity index (χ0v) is 14.1. The number of aromatic nitrogens is 2. The monoisotopic (exact) mass is 414 g/mol. The molecule has 0 bridgehead atoms. The van der Waals surface area contributed by atoms with Crippen LogP contribution in [0.2, 0.25) is 0 Å². The van der Waals surface area contributed by atoms with E-state index in [-0.39, 0.29) is 5.82 Å². The van der Waals surface area contributed by atoms with E-state index in [2.05, 4.69) is 50.3 Å². The van der Waals surface area contributed by atoms with E-state index in [0.717, 1.165) is 26.0 Å². The Morgan fingerprint density at radius 1 is 1.14 bits per heavy atom. The third kappa shape index (κ3) is 3.21. The Labute approximate surface area is 141 Å². The van der Waals surface area contributed by atoms with E-state index >= 15 is 0 Å². The van der Waals surface area contributed by atoms with E-state index in [0.29, 0.717) is 18.8 Å². The predicted molar refractivity (Wildman–Crippen MR) is 92.4 cm³/mol. The lowest BCUT2D eigenvalue weighted by molar-refractivity contribution is 0.626. The highest BCUT2D eigenvalue weighted by molar-refractivity contribution is 14.1. The average molecular weight is 415 g/mol. The van der Waals surface area contributed by atoms with E-state index < -0.39 is 0 Å². The van der Waals surface area contributed by atoms with Gasteiger partial charge in [0.05, 0.1) is 11.0 Å². The molecule has 3 rings (SSSR count). The van der Waals surface area contributed by atoms with Crippen LogP contribution in [0.25, 0.3) is 11.0 Å². The van der Waals surface area contributed by atoms with Gasteiger partial charge < -0.3 is 4.57 Å². The molecule has 1 aromatic heterocycles. The lowest BCUT2D eigenvalue weighted by Gasteiger charge is -2.09. The number of halogens is 3. The van der Waals surface area contributed by atoms with Crippen LogP contribution < -0.4 is 0 Å². The third-order valence-electron chi connectivity index (χ3n) is 3.36. The SMILES string of the molecule is Fc1ccc(Cn2c(CCCl)nc3cc(I)ccc32)cc1. The highest BCUT2D eigenvalue weighted by Crippen LogP contribution is 2.21. The first kappa shape index (κ1) is 14.8. The van der Waals surface area contributed by atoms with Crippen LogP contribution >= 0.6 is 34.2 Å². The van der Waals surface area contributed by atoms with Crippen LogP contribution in [0.5, 0.6) is 0 Å². The molecule has 108 valence electrons. The topological polar surface area (TPSA) is 17.8 Å². The molecule has 0 amide bonds. The number of hydrogen-bond acceptors (Lipinski definition) is 1. The van der Waals surface area contributed by atoms with Gasteiger partial charge in [0.2, 0.25) is 0 Å². The summed E-state index contributed by atoms with van der Waals surface area (Å²) in [6.07, 6.45) is 0.716. The number of aryl methyl sites for hydroxylation is 1. The van der Waals surface area contributed by atoms with Crippen molar-refractivity contribution in [2.45, 2.75) is 13.0 Å². The van der Waals surface area contributed by atoms with Crippen molar-refractivity contribution in [3.8, 4) is 0 Å². The lowest BCUT2D eigenvalue weighted by atomic mass is 10.2. The summed E-state index contributed by atoms with van der Waals surface area (Å²) in [5.74, 6) is 1.28. The van der Waals surface area contributed by atoms with Crippen LogP contribution in [0.4, 0.5) is 4.39 Å². The molecule has 0 aliphatic rings. The zero-order valence-electron chi connectivity index (χ0n) is 11.2. The first-order valence-corrected chi connectivity index (χ1v) is 8.24. The summed E-state index contributed by atoms with van der Waals surface area (Å²) >= 11 is 8.17. The molecule has 3 aromatic rings. The predicted octanol–water partition coefficient (Wildman–Crippen LogP) is 4.61. The molecule has 0 spiro atoms. The van der Waals surface area contributed by atoms with Crippen molar-refractivity contribution in [2.24, 2.45) is 0 Å². The minimum Gasteiger partial charge on any atom is -0.323 e. The van der Waals surface area contributed by atoms with Crippen molar-refractivity contribution in [2.75, 3.05) is 5.88 Å². The molecule has 0 saturated carbocycles. The highest BCUT2D eigenvalue weighted by atomic mass is 127. The number of benzene rings is 2. The van der Waals surface area contributed by atoms with E-state index in [1.165, 1.54) is 12.1 Å². The van der Waals surface area contributed by atoms with Crippen molar-refractivity contribution in [3.63, 3.8) is 0 Å². The molecule has 0 fully saturated rings. The Kier molecular flexibility index (Phi) is 4.45. The molecular formula is C16H13ClFIN2. The van der Waals surface area contributed by atoms with Crippen LogP contribution in [-0.4, -0.2) is 15.4 Å². The van der Waals surface area contributed by atoms with Gasteiger partial charge in [0, 0.05) is 22.4 Å². The zero-order chi connectivity index (χ0) is 14.8. The molecule has 0 aliphatic carbocycles. The summed E-state index contributed by atoms with van der Waals surface area (Å²) in [7, 11) is 0. The number of hydrogen-bond donors (Lipinski definition) is 0. The standard InChI is InChI=1S/C16H13ClFIN2/c17-8-7-16-20-14-9-13(19)5-6-15(14)21(16)10-11-1-3-12(18)4-2-11/h1-6,9H,7-8,10H2. The summed E-state index contributed by atoms with van der Waals surface area (Å²) in [5.41, 5.74) is 3.11. The maximum atomic E-state index is 13.0. The number of rotatable bonds is 4. The van der Waals surface area contributed by atoms with Gasteiger partial charge in [-0.3, -0.25) is 0 Å². The number of fused-ring (bicyclic) bond motifs is 1. The molecule has 0 aliphatic heterocycles. The van der Waals surface area contributed by atoms with Crippen LogP contribution in [-0.2, 0) is 13.0 Å². The Hall–Kier alpha value is -1.14. The van der Waals surface area contributed by atoms with E-state index in [9.17, 15) is 4.39 Å².